The number of alkyl halides is 1. The topological polar surface area (TPSA) is 26.3 Å². The Balaban J connectivity index is 1.44. The van der Waals surface area contributed by atoms with Crippen molar-refractivity contribution in [1.82, 2.24) is 0 Å². The molecule has 0 amide bonds. The van der Waals surface area contributed by atoms with Gasteiger partial charge in [-0.15, -0.1) is 0 Å². The average Bonchev–Trinajstić information content (AvgIpc) is 3.10. The molecule has 0 aliphatic heterocycles. The maximum atomic E-state index is 11.8. The van der Waals surface area contributed by atoms with Gasteiger partial charge in [0, 0.05) is 6.42 Å². The van der Waals surface area contributed by atoms with Crippen molar-refractivity contribution in [3.05, 3.63) is 11.6 Å². The summed E-state index contributed by atoms with van der Waals surface area (Å²) in [6.45, 7) is 12.4. The van der Waals surface area contributed by atoms with Gasteiger partial charge in [-0.05, 0) is 91.3 Å². The Morgan fingerprint density at radius 3 is 2.69 bits per heavy atom. The lowest BCUT2D eigenvalue weighted by Gasteiger charge is -2.55. The van der Waals surface area contributed by atoms with Crippen LogP contribution in [-0.4, -0.2) is 17.4 Å². The smallest absolute Gasteiger partial charge is 0.316 e. The van der Waals surface area contributed by atoms with E-state index in [9.17, 15) is 4.79 Å². The summed E-state index contributed by atoms with van der Waals surface area (Å²) in [4.78, 5) is 11.8. The highest BCUT2D eigenvalue weighted by molar-refractivity contribution is 9.09. The van der Waals surface area contributed by atoms with Gasteiger partial charge in [-0.2, -0.15) is 0 Å². The molecule has 4 aliphatic rings. The fraction of sp³-hybridized carbons (Fsp3) is 0.897. The van der Waals surface area contributed by atoms with E-state index in [-0.39, 0.29) is 12.1 Å². The van der Waals surface area contributed by atoms with Gasteiger partial charge in [0.25, 0.3) is 0 Å². The van der Waals surface area contributed by atoms with Gasteiger partial charge >= 0.3 is 5.97 Å². The van der Waals surface area contributed by atoms with E-state index in [4.69, 9.17) is 4.74 Å². The molecular weight excluding hydrogens is 460 g/mol. The predicted octanol–water partition coefficient (Wildman–Crippen LogP) is 8.19. The standard InChI is InChI=1S/C29H47BrO2/c1-18(2)7-6-8-19(3)25-11-12-26-23-10-9-21-16-22(32-27(31)17-30)15-20(4)28(21)24(23)13-14-29(25,26)5/h9,18-20,22-26,28H,6-8,10-17H2,1-5H3/t19-,20-,22?,23-,24+,25-,26+,28?,29-/m1/s1. The molecule has 182 valence electrons. The molecule has 0 aromatic carbocycles. The Kier molecular flexibility index (Phi) is 7.85. The quantitative estimate of drug-likeness (QED) is 0.197. The predicted molar refractivity (Wildman–Crippen MR) is 137 cm³/mol. The first kappa shape index (κ1) is 24.8. The SMILES string of the molecule is CC(C)CCC[C@@H](C)[C@H]1CC[C@H]2[C@@H]3CC=C4CC(OC(=O)CBr)C[C@@H](C)C4[C@H]3CC[C@]12C. The molecule has 2 unspecified atom stereocenters. The lowest BCUT2D eigenvalue weighted by atomic mass is 9.50. The molecule has 0 saturated heterocycles. The molecule has 9 atom stereocenters. The maximum absolute atomic E-state index is 11.8. The van der Waals surface area contributed by atoms with Crippen molar-refractivity contribution in [1.29, 1.82) is 0 Å². The number of carbonyl (C=O) groups excluding carboxylic acids is 1. The van der Waals surface area contributed by atoms with Gasteiger partial charge in [-0.25, -0.2) is 0 Å². The van der Waals surface area contributed by atoms with Crippen LogP contribution in [0.25, 0.3) is 0 Å². The molecule has 0 aromatic rings. The van der Waals surface area contributed by atoms with Crippen molar-refractivity contribution in [2.75, 3.05) is 5.33 Å². The summed E-state index contributed by atoms with van der Waals surface area (Å²) in [5.41, 5.74) is 2.19. The van der Waals surface area contributed by atoms with E-state index in [0.717, 1.165) is 54.3 Å². The Hall–Kier alpha value is -0.310. The fourth-order valence-corrected chi connectivity index (χ4v) is 9.18. The number of ether oxygens (including phenoxy) is 1. The van der Waals surface area contributed by atoms with Gasteiger partial charge in [0.1, 0.15) is 11.4 Å². The number of rotatable bonds is 7. The van der Waals surface area contributed by atoms with Crippen molar-refractivity contribution in [3.8, 4) is 0 Å². The van der Waals surface area contributed by atoms with E-state index in [2.05, 4.69) is 56.6 Å². The highest BCUT2D eigenvalue weighted by atomic mass is 79.9. The van der Waals surface area contributed by atoms with E-state index >= 15 is 0 Å². The van der Waals surface area contributed by atoms with Gasteiger partial charge in [0.2, 0.25) is 0 Å². The summed E-state index contributed by atoms with van der Waals surface area (Å²) in [6, 6.07) is 0. The van der Waals surface area contributed by atoms with Crippen LogP contribution in [-0.2, 0) is 9.53 Å². The van der Waals surface area contributed by atoms with Crippen LogP contribution in [0.2, 0.25) is 0 Å². The molecule has 32 heavy (non-hydrogen) atoms. The number of esters is 1. The summed E-state index contributed by atoms with van der Waals surface area (Å²) < 4.78 is 5.74. The summed E-state index contributed by atoms with van der Waals surface area (Å²) >= 11 is 3.25. The van der Waals surface area contributed by atoms with Crippen LogP contribution < -0.4 is 0 Å². The molecule has 0 N–H and O–H groups in total. The van der Waals surface area contributed by atoms with Crippen LogP contribution in [0.1, 0.15) is 98.8 Å². The minimum atomic E-state index is -0.108. The molecule has 3 fully saturated rings. The van der Waals surface area contributed by atoms with Gasteiger partial charge in [0.05, 0.1) is 0 Å². The molecule has 0 radical (unpaired) electrons. The minimum absolute atomic E-state index is 0.0884. The second-order valence-electron chi connectivity index (χ2n) is 12.7. The normalized spacial score (nSPS) is 42.0. The van der Waals surface area contributed by atoms with Crippen LogP contribution in [0.4, 0.5) is 0 Å². The second-order valence-corrected chi connectivity index (χ2v) is 13.2. The van der Waals surface area contributed by atoms with E-state index in [0.29, 0.717) is 16.7 Å². The monoisotopic (exact) mass is 506 g/mol. The molecule has 0 spiro atoms. The van der Waals surface area contributed by atoms with Gasteiger partial charge < -0.3 is 4.74 Å². The van der Waals surface area contributed by atoms with Gasteiger partial charge in [-0.3, -0.25) is 4.79 Å². The number of carbonyl (C=O) groups is 1. The van der Waals surface area contributed by atoms with E-state index < -0.39 is 0 Å². The second kappa shape index (κ2) is 10.1. The van der Waals surface area contributed by atoms with Crippen molar-refractivity contribution < 1.29 is 9.53 Å². The molecule has 4 rings (SSSR count). The third-order valence-corrected chi connectivity index (χ3v) is 10.8. The first-order valence-corrected chi connectivity index (χ1v) is 14.8. The first-order valence-electron chi connectivity index (χ1n) is 13.7. The first-order chi connectivity index (χ1) is 15.2. The number of allylic oxidation sites excluding steroid dienone is 1. The third kappa shape index (κ3) is 4.76. The molecule has 0 aromatic heterocycles. The Labute approximate surface area is 205 Å². The summed E-state index contributed by atoms with van der Waals surface area (Å²) in [6.07, 6.45) is 16.0. The Morgan fingerprint density at radius 2 is 1.97 bits per heavy atom. The van der Waals surface area contributed by atoms with Crippen LogP contribution >= 0.6 is 15.9 Å². The Morgan fingerprint density at radius 1 is 1.19 bits per heavy atom. The molecule has 0 heterocycles. The zero-order chi connectivity index (χ0) is 23.0. The summed E-state index contributed by atoms with van der Waals surface area (Å²) in [5.74, 6) is 6.59. The highest BCUT2D eigenvalue weighted by Gasteiger charge is 2.57. The lowest BCUT2D eigenvalue weighted by Crippen LogP contribution is -2.48. The third-order valence-electron chi connectivity index (χ3n) is 10.4. The van der Waals surface area contributed by atoms with Gasteiger partial charge in [0.15, 0.2) is 0 Å². The average molecular weight is 508 g/mol. The molecule has 3 heteroatoms. The molecule has 2 nitrogen and oxygen atoms in total. The Bertz CT molecular complexity index is 699. The van der Waals surface area contributed by atoms with Crippen molar-refractivity contribution in [3.63, 3.8) is 0 Å². The van der Waals surface area contributed by atoms with Gasteiger partial charge in [-0.1, -0.05) is 81.5 Å². The highest BCUT2D eigenvalue weighted by Crippen LogP contribution is 2.65. The fourth-order valence-electron chi connectivity index (χ4n) is 9.05. The molecular formula is C29H47BrO2. The maximum Gasteiger partial charge on any atom is 0.316 e. The van der Waals surface area contributed by atoms with E-state index in [1.54, 1.807) is 5.57 Å². The largest absolute Gasteiger partial charge is 0.461 e. The van der Waals surface area contributed by atoms with Crippen LogP contribution in [0.3, 0.4) is 0 Å². The summed E-state index contributed by atoms with van der Waals surface area (Å²) in [7, 11) is 0. The number of hydrogen-bond acceptors (Lipinski definition) is 2. The van der Waals surface area contributed by atoms with E-state index in [1.807, 2.05) is 0 Å². The zero-order valence-corrected chi connectivity index (χ0v) is 22.8. The van der Waals surface area contributed by atoms with Crippen molar-refractivity contribution in [2.45, 2.75) is 105 Å². The minimum Gasteiger partial charge on any atom is -0.461 e. The molecule has 3 saturated carbocycles. The summed E-state index contributed by atoms with van der Waals surface area (Å²) in [5, 5.41) is 0.308. The van der Waals surface area contributed by atoms with Crippen LogP contribution in [0.5, 0.6) is 0 Å². The number of fused-ring (bicyclic) bond motifs is 5. The lowest BCUT2D eigenvalue weighted by molar-refractivity contribution is -0.148. The van der Waals surface area contributed by atoms with Crippen LogP contribution in [0.15, 0.2) is 11.6 Å². The number of halogens is 1. The zero-order valence-electron chi connectivity index (χ0n) is 21.2. The van der Waals surface area contributed by atoms with E-state index in [1.165, 1.54) is 51.4 Å². The van der Waals surface area contributed by atoms with Crippen LogP contribution in [0, 0.1) is 52.8 Å². The molecule has 4 aliphatic carbocycles. The number of hydrogen-bond donors (Lipinski definition) is 0. The van der Waals surface area contributed by atoms with Crippen molar-refractivity contribution >= 4 is 21.9 Å². The van der Waals surface area contributed by atoms with Crippen molar-refractivity contribution in [2.24, 2.45) is 52.8 Å². The molecule has 0 bridgehead atoms.